The summed E-state index contributed by atoms with van der Waals surface area (Å²) >= 11 is 6.76. The molecule has 2 amide bonds. The first-order chi connectivity index (χ1) is 14.1. The van der Waals surface area contributed by atoms with E-state index in [0.717, 1.165) is 15.6 Å². The molecule has 0 saturated carbocycles. The van der Waals surface area contributed by atoms with Crippen LogP contribution in [0.2, 0.25) is 0 Å². The van der Waals surface area contributed by atoms with Gasteiger partial charge in [-0.05, 0) is 64.7 Å². The predicted octanol–water partition coefficient (Wildman–Crippen LogP) is 4.62. The van der Waals surface area contributed by atoms with Crippen LogP contribution in [0.5, 0.6) is 0 Å². The van der Waals surface area contributed by atoms with Crippen molar-refractivity contribution >= 4 is 64.9 Å². The van der Waals surface area contributed by atoms with Crippen molar-refractivity contribution in [1.82, 2.24) is 0 Å². The molecule has 6 nitrogen and oxygen atoms in total. The first-order valence-electron chi connectivity index (χ1n) is 9.54. The maximum absolute atomic E-state index is 13.1. The number of carbonyl (C=O) groups is 2. The molecule has 1 N–H and O–H groups in total. The highest BCUT2D eigenvalue weighted by atomic mass is 79.9. The fourth-order valence-corrected chi connectivity index (χ4v) is 6.18. The van der Waals surface area contributed by atoms with E-state index in [1.54, 1.807) is 13.0 Å². The Morgan fingerprint density at radius 3 is 2.57 bits per heavy atom. The highest BCUT2D eigenvalue weighted by molar-refractivity contribution is 9.10. The second-order valence-electron chi connectivity index (χ2n) is 7.16. The topological polar surface area (TPSA) is 83.6 Å². The number of benzene rings is 2. The van der Waals surface area contributed by atoms with Crippen molar-refractivity contribution in [2.75, 3.05) is 22.5 Å². The number of sulfone groups is 1. The zero-order chi connectivity index (χ0) is 22.1. The van der Waals surface area contributed by atoms with Crippen molar-refractivity contribution < 1.29 is 18.0 Å². The number of hydrogen-bond donors (Lipinski definition) is 1. The Labute approximate surface area is 193 Å². The van der Waals surface area contributed by atoms with Gasteiger partial charge in [-0.2, -0.15) is 0 Å². The Morgan fingerprint density at radius 1 is 1.17 bits per heavy atom. The second kappa shape index (κ2) is 9.20. The van der Waals surface area contributed by atoms with E-state index in [4.69, 9.17) is 0 Å². The maximum Gasteiger partial charge on any atom is 0.226 e. The molecule has 0 aromatic heterocycles. The summed E-state index contributed by atoms with van der Waals surface area (Å²) in [4.78, 5) is 26.3. The summed E-state index contributed by atoms with van der Waals surface area (Å²) in [5, 5.41) is 2.74. The minimum atomic E-state index is -3.78. The molecule has 2 aromatic rings. The van der Waals surface area contributed by atoms with Crippen LogP contribution in [0, 0.1) is 6.92 Å². The molecule has 0 unspecified atom stereocenters. The van der Waals surface area contributed by atoms with E-state index >= 15 is 0 Å². The average Bonchev–Trinajstić information content (AvgIpc) is 3.11. The van der Waals surface area contributed by atoms with Gasteiger partial charge in [-0.1, -0.05) is 28.9 Å². The van der Waals surface area contributed by atoms with E-state index in [0.29, 0.717) is 35.2 Å². The summed E-state index contributed by atoms with van der Waals surface area (Å²) in [6.07, 6.45) is 0.708. The van der Waals surface area contributed by atoms with Crippen molar-refractivity contribution in [1.29, 1.82) is 0 Å². The van der Waals surface area contributed by atoms with Crippen LogP contribution in [-0.4, -0.2) is 32.5 Å². The summed E-state index contributed by atoms with van der Waals surface area (Å²) in [6, 6.07) is 8.86. The molecule has 2 aromatic carbocycles. The molecule has 0 spiro atoms. The standard InChI is InChI=1S/C21H22Br2N2O4S/c1-3-20(27)25-8-6-14-11-15(22)12-18(21(14)25)30(28,29)9-7-19(26)24-17-5-4-13(2)10-16(17)23/h4-5,10-12H,3,6-9H2,1-2H3,(H,24,26). The van der Waals surface area contributed by atoms with E-state index in [9.17, 15) is 18.0 Å². The molecule has 1 heterocycles. The molecule has 0 fully saturated rings. The highest BCUT2D eigenvalue weighted by Gasteiger charge is 2.32. The van der Waals surface area contributed by atoms with Crippen molar-refractivity contribution in [3.8, 4) is 0 Å². The molecule has 160 valence electrons. The number of fused-ring (bicyclic) bond motifs is 1. The fraction of sp³-hybridized carbons (Fsp3) is 0.333. The fourth-order valence-electron chi connectivity index (χ4n) is 3.42. The first-order valence-corrected chi connectivity index (χ1v) is 12.8. The van der Waals surface area contributed by atoms with Crippen molar-refractivity contribution in [2.24, 2.45) is 0 Å². The van der Waals surface area contributed by atoms with Crippen LogP contribution in [-0.2, 0) is 25.8 Å². The Hall–Kier alpha value is -1.71. The number of amides is 2. The van der Waals surface area contributed by atoms with E-state index in [1.165, 1.54) is 11.0 Å². The molecule has 0 bridgehead atoms. The van der Waals surface area contributed by atoms with Crippen molar-refractivity contribution in [2.45, 2.75) is 38.0 Å². The Bertz CT molecular complexity index is 1120. The van der Waals surface area contributed by atoms with Gasteiger partial charge in [0.1, 0.15) is 0 Å². The highest BCUT2D eigenvalue weighted by Crippen LogP contribution is 2.38. The van der Waals surface area contributed by atoms with Crippen LogP contribution < -0.4 is 10.2 Å². The van der Waals surface area contributed by atoms with Gasteiger partial charge in [-0.25, -0.2) is 8.42 Å². The Balaban J connectivity index is 1.81. The molecule has 30 heavy (non-hydrogen) atoms. The summed E-state index contributed by atoms with van der Waals surface area (Å²) in [7, 11) is -3.78. The third kappa shape index (κ3) is 4.95. The third-order valence-corrected chi connectivity index (χ3v) is 7.77. The number of hydrogen-bond acceptors (Lipinski definition) is 4. The largest absolute Gasteiger partial charge is 0.325 e. The first kappa shape index (κ1) is 23.0. The lowest BCUT2D eigenvalue weighted by molar-refractivity contribution is -0.118. The van der Waals surface area contributed by atoms with Crippen molar-refractivity contribution in [3.05, 3.63) is 50.4 Å². The zero-order valence-corrected chi connectivity index (χ0v) is 20.7. The van der Waals surface area contributed by atoms with Crippen LogP contribution in [0.3, 0.4) is 0 Å². The van der Waals surface area contributed by atoms with Gasteiger partial charge in [0.05, 0.1) is 22.0 Å². The van der Waals surface area contributed by atoms with Crippen LogP contribution in [0.1, 0.15) is 30.9 Å². The molecular weight excluding hydrogens is 536 g/mol. The lowest BCUT2D eigenvalue weighted by atomic mass is 10.2. The zero-order valence-electron chi connectivity index (χ0n) is 16.7. The number of nitrogens with one attached hydrogen (secondary N) is 1. The third-order valence-electron chi connectivity index (χ3n) is 4.93. The van der Waals surface area contributed by atoms with Crippen LogP contribution in [0.25, 0.3) is 0 Å². The molecular formula is C21H22Br2N2O4S. The summed E-state index contributed by atoms with van der Waals surface area (Å²) < 4.78 is 27.6. The van der Waals surface area contributed by atoms with E-state index in [1.807, 2.05) is 25.1 Å². The maximum atomic E-state index is 13.1. The van der Waals surface area contributed by atoms with Gasteiger partial charge in [-0.3, -0.25) is 9.59 Å². The second-order valence-corrected chi connectivity index (χ2v) is 11.0. The smallest absolute Gasteiger partial charge is 0.226 e. The van der Waals surface area contributed by atoms with Gasteiger partial charge in [0.2, 0.25) is 11.8 Å². The number of rotatable bonds is 6. The van der Waals surface area contributed by atoms with Gasteiger partial charge in [-0.15, -0.1) is 0 Å². The molecule has 0 aliphatic carbocycles. The quantitative estimate of drug-likeness (QED) is 0.561. The number of nitrogens with zero attached hydrogens (tertiary/aromatic N) is 1. The number of aryl methyl sites for hydroxylation is 1. The van der Waals surface area contributed by atoms with Gasteiger partial charge in [0, 0.05) is 28.3 Å². The van der Waals surface area contributed by atoms with Crippen LogP contribution >= 0.6 is 31.9 Å². The average molecular weight is 558 g/mol. The lowest BCUT2D eigenvalue weighted by Gasteiger charge is -2.20. The monoisotopic (exact) mass is 556 g/mol. The predicted molar refractivity (Wildman–Crippen MR) is 125 cm³/mol. The van der Waals surface area contributed by atoms with E-state index < -0.39 is 15.7 Å². The molecule has 9 heteroatoms. The summed E-state index contributed by atoms with van der Waals surface area (Å²) in [5.74, 6) is -0.856. The van der Waals surface area contributed by atoms with Crippen LogP contribution in [0.4, 0.5) is 11.4 Å². The Morgan fingerprint density at radius 2 is 1.90 bits per heavy atom. The number of anilines is 2. The summed E-state index contributed by atoms with van der Waals surface area (Å²) in [6.45, 7) is 4.15. The Kier molecular flexibility index (Phi) is 7.04. The molecule has 3 rings (SSSR count). The van der Waals surface area contributed by atoms with Gasteiger partial charge >= 0.3 is 0 Å². The van der Waals surface area contributed by atoms with Gasteiger partial charge < -0.3 is 10.2 Å². The molecule has 0 radical (unpaired) electrons. The number of carbonyl (C=O) groups excluding carboxylic acids is 2. The van der Waals surface area contributed by atoms with E-state index in [-0.39, 0.29) is 23.0 Å². The van der Waals surface area contributed by atoms with Gasteiger partial charge in [0.15, 0.2) is 9.84 Å². The molecule has 0 saturated heterocycles. The van der Waals surface area contributed by atoms with Crippen molar-refractivity contribution in [3.63, 3.8) is 0 Å². The normalized spacial score (nSPS) is 13.3. The molecule has 0 atom stereocenters. The number of halogens is 2. The molecule has 1 aliphatic heterocycles. The summed E-state index contributed by atoms with van der Waals surface area (Å²) in [5.41, 5.74) is 2.90. The minimum Gasteiger partial charge on any atom is -0.325 e. The van der Waals surface area contributed by atoms with Gasteiger partial charge in [0.25, 0.3) is 0 Å². The van der Waals surface area contributed by atoms with E-state index in [2.05, 4.69) is 37.2 Å². The minimum absolute atomic E-state index is 0.0930. The molecule has 1 aliphatic rings. The lowest BCUT2D eigenvalue weighted by Crippen LogP contribution is -2.29. The van der Waals surface area contributed by atoms with Crippen LogP contribution in [0.15, 0.2) is 44.2 Å². The SMILES string of the molecule is CCC(=O)N1CCc2cc(Br)cc(S(=O)(=O)CCC(=O)Nc3ccc(C)cc3Br)c21.